The molecule has 0 aliphatic carbocycles. The molecular weight excluding hydrogens is 391 g/mol. The summed E-state index contributed by atoms with van der Waals surface area (Å²) in [4.78, 5) is 3.57. The van der Waals surface area contributed by atoms with E-state index in [1.165, 1.54) is 24.4 Å². The van der Waals surface area contributed by atoms with Crippen LogP contribution >= 0.6 is 0 Å². The fourth-order valence-corrected chi connectivity index (χ4v) is 3.56. The number of rotatable bonds is 5. The first-order valence-electron chi connectivity index (χ1n) is 8.13. The van der Waals surface area contributed by atoms with Gasteiger partial charge in [0.1, 0.15) is 22.3 Å². The highest BCUT2D eigenvalue weighted by Gasteiger charge is 2.19. The Morgan fingerprint density at radius 3 is 2.32 bits per heavy atom. The summed E-state index contributed by atoms with van der Waals surface area (Å²) < 4.78 is 63.8. The lowest BCUT2D eigenvalue weighted by Crippen LogP contribution is -2.17. The summed E-state index contributed by atoms with van der Waals surface area (Å²) in [6, 6.07) is 9.04. The largest absolute Gasteiger partial charge is 0.322 e. The molecule has 0 spiro atoms. The van der Waals surface area contributed by atoms with E-state index in [1.54, 1.807) is 12.1 Å². The van der Waals surface area contributed by atoms with Gasteiger partial charge in [0, 0.05) is 17.8 Å². The molecule has 0 aliphatic heterocycles. The van der Waals surface area contributed by atoms with E-state index in [4.69, 9.17) is 10.9 Å². The molecule has 2 aromatic carbocycles. The first kappa shape index (κ1) is 20.0. The maximum Gasteiger partial charge on any atom is 0.240 e. The zero-order valence-corrected chi connectivity index (χ0v) is 15.3. The monoisotopic (exact) mass is 407 g/mol. The van der Waals surface area contributed by atoms with Gasteiger partial charge in [-0.2, -0.15) is 0 Å². The van der Waals surface area contributed by atoms with E-state index < -0.39 is 38.4 Å². The van der Waals surface area contributed by atoms with E-state index in [0.717, 1.165) is 18.2 Å². The van der Waals surface area contributed by atoms with Crippen LogP contribution in [-0.4, -0.2) is 13.4 Å². The Morgan fingerprint density at radius 2 is 1.68 bits per heavy atom. The number of benzene rings is 2. The van der Waals surface area contributed by atoms with Crippen molar-refractivity contribution in [3.63, 3.8) is 0 Å². The highest BCUT2D eigenvalue weighted by molar-refractivity contribution is 7.89. The Balaban J connectivity index is 2.02. The second kappa shape index (κ2) is 7.70. The summed E-state index contributed by atoms with van der Waals surface area (Å²) in [5.41, 5.74) is 7.69. The topological polar surface area (TPSA) is 99.1 Å². The van der Waals surface area contributed by atoms with Crippen molar-refractivity contribution in [1.82, 2.24) is 4.98 Å². The Morgan fingerprint density at radius 1 is 1.00 bits per heavy atom. The lowest BCUT2D eigenvalue weighted by atomic mass is 9.96. The quantitative estimate of drug-likeness (QED) is 0.679. The van der Waals surface area contributed by atoms with Crippen LogP contribution in [0.4, 0.5) is 13.2 Å². The predicted molar refractivity (Wildman–Crippen MR) is 98.0 cm³/mol. The predicted octanol–water partition coefficient (Wildman–Crippen LogP) is 3.06. The Bertz CT molecular complexity index is 1120. The van der Waals surface area contributed by atoms with E-state index in [0.29, 0.717) is 22.4 Å². The summed E-state index contributed by atoms with van der Waals surface area (Å²) in [6.45, 7) is 0. The first-order valence-corrected chi connectivity index (χ1v) is 9.68. The van der Waals surface area contributed by atoms with Crippen molar-refractivity contribution in [3.05, 3.63) is 83.4 Å². The van der Waals surface area contributed by atoms with Crippen molar-refractivity contribution in [2.24, 2.45) is 10.9 Å². The fraction of sp³-hybridized carbons (Fsp3) is 0.105. The molecule has 1 atom stereocenters. The van der Waals surface area contributed by atoms with Crippen molar-refractivity contribution in [1.29, 1.82) is 0 Å². The van der Waals surface area contributed by atoms with E-state index in [-0.39, 0.29) is 6.42 Å². The average Bonchev–Trinajstić information content (AvgIpc) is 2.60. The number of nitrogens with zero attached hydrogens (tertiary/aromatic N) is 1. The second-order valence-corrected chi connectivity index (χ2v) is 7.74. The molecule has 3 rings (SSSR count). The van der Waals surface area contributed by atoms with Crippen molar-refractivity contribution in [3.8, 4) is 11.1 Å². The number of sulfonamides is 1. The minimum absolute atomic E-state index is 0.0853. The van der Waals surface area contributed by atoms with Gasteiger partial charge in [-0.3, -0.25) is 4.98 Å². The Labute approximate surface area is 159 Å². The number of pyridine rings is 1. The number of nitrogens with two attached hydrogens (primary N) is 2. The highest BCUT2D eigenvalue weighted by atomic mass is 32.2. The summed E-state index contributed by atoms with van der Waals surface area (Å²) in [5, 5.41) is 5.05. The maximum atomic E-state index is 13.8. The van der Waals surface area contributed by atoms with E-state index in [2.05, 4.69) is 4.98 Å². The molecule has 1 aromatic heterocycles. The van der Waals surface area contributed by atoms with Gasteiger partial charge in [-0.15, -0.1) is 0 Å². The minimum Gasteiger partial charge on any atom is -0.322 e. The van der Waals surface area contributed by atoms with Crippen LogP contribution < -0.4 is 10.9 Å². The molecule has 0 radical (unpaired) electrons. The molecule has 9 heteroatoms. The van der Waals surface area contributed by atoms with Crippen molar-refractivity contribution in [2.75, 3.05) is 0 Å². The van der Waals surface area contributed by atoms with Crippen LogP contribution in [0.1, 0.15) is 17.3 Å². The number of primary sulfonamides is 1. The van der Waals surface area contributed by atoms with Gasteiger partial charge in [0.05, 0.1) is 11.7 Å². The number of aromatic nitrogens is 1. The van der Waals surface area contributed by atoms with Crippen molar-refractivity contribution in [2.45, 2.75) is 17.4 Å². The SMILES string of the molecule is N[C@@H](Cc1cc(F)cc(F)c1)c1ncccc1-c1ccc(F)c(S(N)(=O)=O)c1. The molecule has 4 N–H and O–H groups in total. The zero-order valence-electron chi connectivity index (χ0n) is 14.4. The highest BCUT2D eigenvalue weighted by Crippen LogP contribution is 2.30. The number of hydrogen-bond acceptors (Lipinski definition) is 4. The van der Waals surface area contributed by atoms with E-state index in [9.17, 15) is 21.6 Å². The molecule has 146 valence electrons. The van der Waals surface area contributed by atoms with Crippen LogP contribution in [-0.2, 0) is 16.4 Å². The molecule has 0 saturated heterocycles. The van der Waals surface area contributed by atoms with Crippen LogP contribution in [0.25, 0.3) is 11.1 Å². The van der Waals surface area contributed by atoms with Gasteiger partial charge < -0.3 is 5.73 Å². The normalized spacial score (nSPS) is 12.8. The van der Waals surface area contributed by atoms with Gasteiger partial charge in [-0.05, 0) is 47.9 Å². The molecule has 0 unspecified atom stereocenters. The van der Waals surface area contributed by atoms with Gasteiger partial charge in [-0.1, -0.05) is 12.1 Å². The molecule has 0 saturated carbocycles. The third-order valence-electron chi connectivity index (χ3n) is 4.12. The standard InChI is InChI=1S/C19H16F3N3O2S/c20-13-6-11(7-14(21)10-13)8-17(23)19-15(2-1-5-25-19)12-3-4-16(22)18(9-12)28(24,26)27/h1-7,9-10,17H,8,23H2,(H2,24,26,27)/t17-/m0/s1. The van der Waals surface area contributed by atoms with Gasteiger partial charge in [0.15, 0.2) is 0 Å². The van der Waals surface area contributed by atoms with Crippen LogP contribution in [0.15, 0.2) is 59.6 Å². The molecule has 0 amide bonds. The Hall–Kier alpha value is -2.75. The first-order chi connectivity index (χ1) is 13.1. The summed E-state index contributed by atoms with van der Waals surface area (Å²) >= 11 is 0. The van der Waals surface area contributed by atoms with Crippen LogP contribution in [0, 0.1) is 17.5 Å². The summed E-state index contributed by atoms with van der Waals surface area (Å²) in [6.07, 6.45) is 1.57. The third kappa shape index (κ3) is 4.38. The molecular formula is C19H16F3N3O2S. The third-order valence-corrected chi connectivity index (χ3v) is 5.04. The minimum atomic E-state index is -4.27. The molecule has 0 bridgehead atoms. The number of halogens is 3. The van der Waals surface area contributed by atoms with Gasteiger partial charge in [0.2, 0.25) is 10.0 Å². The Kier molecular flexibility index (Phi) is 5.50. The second-order valence-electron chi connectivity index (χ2n) is 6.21. The van der Waals surface area contributed by atoms with Crippen LogP contribution in [0.5, 0.6) is 0 Å². The number of hydrogen-bond donors (Lipinski definition) is 2. The maximum absolute atomic E-state index is 13.8. The van der Waals surface area contributed by atoms with E-state index in [1.807, 2.05) is 0 Å². The van der Waals surface area contributed by atoms with E-state index >= 15 is 0 Å². The molecule has 0 aliphatic rings. The molecule has 0 fully saturated rings. The average molecular weight is 407 g/mol. The van der Waals surface area contributed by atoms with Gasteiger partial charge in [0.25, 0.3) is 0 Å². The van der Waals surface area contributed by atoms with Crippen LogP contribution in [0.2, 0.25) is 0 Å². The molecule has 5 nitrogen and oxygen atoms in total. The lowest BCUT2D eigenvalue weighted by molar-refractivity contribution is 0.568. The van der Waals surface area contributed by atoms with Crippen molar-refractivity contribution < 1.29 is 21.6 Å². The van der Waals surface area contributed by atoms with Gasteiger partial charge in [-0.25, -0.2) is 26.7 Å². The summed E-state index contributed by atoms with van der Waals surface area (Å²) in [5.74, 6) is -2.42. The van der Waals surface area contributed by atoms with Crippen molar-refractivity contribution >= 4 is 10.0 Å². The summed E-state index contributed by atoms with van der Waals surface area (Å²) in [7, 11) is -4.27. The zero-order chi connectivity index (χ0) is 20.5. The fourth-order valence-electron chi connectivity index (χ4n) is 2.93. The molecule has 3 aromatic rings. The van der Waals surface area contributed by atoms with Crippen LogP contribution in [0.3, 0.4) is 0 Å². The van der Waals surface area contributed by atoms with Gasteiger partial charge >= 0.3 is 0 Å². The lowest BCUT2D eigenvalue weighted by Gasteiger charge is -2.16. The smallest absolute Gasteiger partial charge is 0.240 e. The molecule has 1 heterocycles. The molecule has 28 heavy (non-hydrogen) atoms.